The molecular formula is C15H20N4O5. The molecule has 1 aromatic heterocycles. The first-order valence-corrected chi connectivity index (χ1v) is 7.48. The third-order valence-corrected chi connectivity index (χ3v) is 3.61. The van der Waals surface area contributed by atoms with Crippen LogP contribution in [0.15, 0.2) is 18.3 Å². The van der Waals surface area contributed by atoms with E-state index in [1.54, 1.807) is 12.1 Å². The first-order chi connectivity index (χ1) is 11.5. The number of methoxy groups -OCH3 is 2. The van der Waals surface area contributed by atoms with Gasteiger partial charge in [0.15, 0.2) is 0 Å². The zero-order valence-corrected chi connectivity index (χ0v) is 13.7. The molecule has 1 saturated heterocycles. The molecule has 0 radical (unpaired) electrons. The van der Waals surface area contributed by atoms with E-state index in [4.69, 9.17) is 4.74 Å². The molecule has 0 atom stereocenters. The van der Waals surface area contributed by atoms with Gasteiger partial charge in [0, 0.05) is 32.2 Å². The summed E-state index contributed by atoms with van der Waals surface area (Å²) in [5.74, 6) is -0.972. The monoisotopic (exact) mass is 336 g/mol. The lowest BCUT2D eigenvalue weighted by atomic mass is 10.3. The third kappa shape index (κ3) is 4.34. The molecule has 0 bridgehead atoms. The standard InChI is InChI=1S/C15H20N4O5/c1-23-12-5-4-11(10-16-12)17-13(20)14(21)18-6-3-7-19(9-8-18)15(22)24-2/h4-5,10H,3,6-9H2,1-2H3,(H,17,20). The third-order valence-electron chi connectivity index (χ3n) is 3.61. The van der Waals surface area contributed by atoms with Crippen molar-refractivity contribution >= 4 is 23.6 Å². The van der Waals surface area contributed by atoms with Gasteiger partial charge >= 0.3 is 17.9 Å². The average Bonchev–Trinajstić information content (AvgIpc) is 2.87. The Morgan fingerprint density at radius 2 is 1.79 bits per heavy atom. The summed E-state index contributed by atoms with van der Waals surface area (Å²) in [7, 11) is 2.80. The van der Waals surface area contributed by atoms with Gasteiger partial charge in [-0.3, -0.25) is 9.59 Å². The molecule has 0 spiro atoms. The van der Waals surface area contributed by atoms with Gasteiger partial charge < -0.3 is 24.6 Å². The molecular weight excluding hydrogens is 316 g/mol. The summed E-state index contributed by atoms with van der Waals surface area (Å²) in [4.78, 5) is 42.8. The quantitative estimate of drug-likeness (QED) is 0.781. The van der Waals surface area contributed by atoms with Crippen molar-refractivity contribution in [1.82, 2.24) is 14.8 Å². The summed E-state index contributed by atoms with van der Waals surface area (Å²) in [6.07, 6.45) is 1.56. The highest BCUT2D eigenvalue weighted by molar-refractivity contribution is 6.39. The van der Waals surface area contributed by atoms with Crippen molar-refractivity contribution in [3.63, 3.8) is 0 Å². The number of pyridine rings is 1. The maximum Gasteiger partial charge on any atom is 0.409 e. The van der Waals surface area contributed by atoms with Crippen LogP contribution in [0.25, 0.3) is 0 Å². The van der Waals surface area contributed by atoms with E-state index in [0.717, 1.165) is 0 Å². The highest BCUT2D eigenvalue weighted by Gasteiger charge is 2.26. The van der Waals surface area contributed by atoms with Crippen molar-refractivity contribution in [2.45, 2.75) is 6.42 Å². The van der Waals surface area contributed by atoms with Crippen LogP contribution in [0.3, 0.4) is 0 Å². The molecule has 130 valence electrons. The molecule has 2 heterocycles. The van der Waals surface area contributed by atoms with Crippen LogP contribution in [-0.4, -0.2) is 73.1 Å². The lowest BCUT2D eigenvalue weighted by Crippen LogP contribution is -2.42. The predicted octanol–water partition coefficient (Wildman–Crippen LogP) is 0.329. The van der Waals surface area contributed by atoms with Gasteiger partial charge in [0.05, 0.1) is 26.1 Å². The lowest BCUT2D eigenvalue weighted by Gasteiger charge is -2.20. The van der Waals surface area contributed by atoms with Crippen LogP contribution in [0, 0.1) is 0 Å². The van der Waals surface area contributed by atoms with Gasteiger partial charge in [0.25, 0.3) is 0 Å². The zero-order valence-electron chi connectivity index (χ0n) is 13.7. The molecule has 1 fully saturated rings. The Kier molecular flexibility index (Phi) is 5.94. The second kappa shape index (κ2) is 8.14. The molecule has 3 amide bonds. The zero-order chi connectivity index (χ0) is 17.5. The minimum Gasteiger partial charge on any atom is -0.481 e. The Hall–Kier alpha value is -2.84. The van der Waals surface area contributed by atoms with Crippen molar-refractivity contribution in [2.24, 2.45) is 0 Å². The van der Waals surface area contributed by atoms with Gasteiger partial charge in [-0.15, -0.1) is 0 Å². The molecule has 1 N–H and O–H groups in total. The SMILES string of the molecule is COC(=O)N1CCCN(C(=O)C(=O)Nc2ccc(OC)nc2)CC1. The number of anilines is 1. The van der Waals surface area contributed by atoms with Crippen LogP contribution in [0.2, 0.25) is 0 Å². The number of ether oxygens (including phenoxy) is 2. The summed E-state index contributed by atoms with van der Waals surface area (Å²) < 4.78 is 9.60. The molecule has 0 unspecified atom stereocenters. The number of carbonyl (C=O) groups excluding carboxylic acids is 3. The Labute approximate surface area is 139 Å². The van der Waals surface area contributed by atoms with Gasteiger partial charge in [0.1, 0.15) is 0 Å². The van der Waals surface area contributed by atoms with E-state index in [-0.39, 0.29) is 6.54 Å². The summed E-state index contributed by atoms with van der Waals surface area (Å²) in [6.45, 7) is 1.50. The van der Waals surface area contributed by atoms with Crippen LogP contribution in [0.1, 0.15) is 6.42 Å². The van der Waals surface area contributed by atoms with Crippen molar-refractivity contribution in [3.05, 3.63) is 18.3 Å². The van der Waals surface area contributed by atoms with Crippen LogP contribution in [0.4, 0.5) is 10.5 Å². The molecule has 0 aliphatic carbocycles. The maximum absolute atomic E-state index is 12.3. The van der Waals surface area contributed by atoms with Gasteiger partial charge in [0.2, 0.25) is 5.88 Å². The number of hydrogen-bond donors (Lipinski definition) is 1. The summed E-state index contributed by atoms with van der Waals surface area (Å²) in [5.41, 5.74) is 0.403. The van der Waals surface area contributed by atoms with E-state index in [2.05, 4.69) is 15.0 Å². The minimum absolute atomic E-state index is 0.280. The molecule has 1 aliphatic rings. The number of carbonyl (C=O) groups is 3. The van der Waals surface area contributed by atoms with E-state index in [9.17, 15) is 14.4 Å². The van der Waals surface area contributed by atoms with Crippen molar-refractivity contribution < 1.29 is 23.9 Å². The molecule has 1 aliphatic heterocycles. The first-order valence-electron chi connectivity index (χ1n) is 7.48. The van der Waals surface area contributed by atoms with Gasteiger partial charge in [-0.2, -0.15) is 0 Å². The Bertz CT molecular complexity index is 604. The number of hydrogen-bond acceptors (Lipinski definition) is 6. The molecule has 9 heteroatoms. The van der Waals surface area contributed by atoms with Crippen molar-refractivity contribution in [2.75, 3.05) is 45.7 Å². The normalized spacial score (nSPS) is 14.6. The molecule has 2 rings (SSSR count). The number of aromatic nitrogens is 1. The lowest BCUT2D eigenvalue weighted by molar-refractivity contribution is -0.143. The molecule has 0 saturated carbocycles. The van der Waals surface area contributed by atoms with E-state index in [0.29, 0.717) is 37.6 Å². The molecule has 24 heavy (non-hydrogen) atoms. The van der Waals surface area contributed by atoms with E-state index in [1.165, 1.54) is 30.2 Å². The summed E-state index contributed by atoms with van der Waals surface area (Å²) in [6, 6.07) is 3.18. The predicted molar refractivity (Wildman–Crippen MR) is 84.6 cm³/mol. The van der Waals surface area contributed by atoms with Crippen LogP contribution >= 0.6 is 0 Å². The molecule has 1 aromatic rings. The topological polar surface area (TPSA) is 101 Å². The van der Waals surface area contributed by atoms with E-state index < -0.39 is 17.9 Å². The number of nitrogens with one attached hydrogen (secondary N) is 1. The fraction of sp³-hybridized carbons (Fsp3) is 0.467. The average molecular weight is 336 g/mol. The van der Waals surface area contributed by atoms with Gasteiger partial charge in [-0.05, 0) is 12.5 Å². The fourth-order valence-electron chi connectivity index (χ4n) is 2.34. The van der Waals surface area contributed by atoms with E-state index in [1.807, 2.05) is 0 Å². The smallest absolute Gasteiger partial charge is 0.409 e. The second-order valence-corrected chi connectivity index (χ2v) is 5.15. The summed E-state index contributed by atoms with van der Waals surface area (Å²) in [5, 5.41) is 2.50. The van der Waals surface area contributed by atoms with Crippen molar-refractivity contribution in [3.8, 4) is 5.88 Å². The van der Waals surface area contributed by atoms with Gasteiger partial charge in [-0.25, -0.2) is 9.78 Å². The Morgan fingerprint density at radius 1 is 1.08 bits per heavy atom. The first kappa shape index (κ1) is 17.5. The molecule has 0 aromatic carbocycles. The highest BCUT2D eigenvalue weighted by atomic mass is 16.5. The summed E-state index contributed by atoms with van der Waals surface area (Å²) >= 11 is 0. The highest BCUT2D eigenvalue weighted by Crippen LogP contribution is 2.11. The van der Waals surface area contributed by atoms with E-state index >= 15 is 0 Å². The Morgan fingerprint density at radius 3 is 2.42 bits per heavy atom. The molecule has 9 nitrogen and oxygen atoms in total. The van der Waals surface area contributed by atoms with Crippen LogP contribution < -0.4 is 10.1 Å². The maximum atomic E-state index is 12.3. The van der Waals surface area contributed by atoms with Crippen LogP contribution in [0.5, 0.6) is 5.88 Å². The van der Waals surface area contributed by atoms with Crippen LogP contribution in [-0.2, 0) is 14.3 Å². The van der Waals surface area contributed by atoms with Gasteiger partial charge in [-0.1, -0.05) is 0 Å². The number of nitrogens with zero attached hydrogens (tertiary/aromatic N) is 3. The Balaban J connectivity index is 1.92. The number of amides is 3. The van der Waals surface area contributed by atoms with Crippen molar-refractivity contribution in [1.29, 1.82) is 0 Å². The fourth-order valence-corrected chi connectivity index (χ4v) is 2.34. The second-order valence-electron chi connectivity index (χ2n) is 5.15. The minimum atomic E-state index is -0.742. The largest absolute Gasteiger partial charge is 0.481 e. The number of rotatable bonds is 2.